The van der Waals surface area contributed by atoms with E-state index >= 15 is 0 Å². The summed E-state index contributed by atoms with van der Waals surface area (Å²) in [6, 6.07) is 8.93. The van der Waals surface area contributed by atoms with Crippen molar-refractivity contribution in [3.8, 4) is 0 Å². The number of aryl methyl sites for hydroxylation is 1. The molecule has 0 radical (unpaired) electrons. The van der Waals surface area contributed by atoms with Gasteiger partial charge in [-0.2, -0.15) is 0 Å². The van der Waals surface area contributed by atoms with Crippen molar-refractivity contribution < 1.29 is 4.39 Å². The molecule has 1 atom stereocenters. The summed E-state index contributed by atoms with van der Waals surface area (Å²) in [4.78, 5) is 4.13. The van der Waals surface area contributed by atoms with Gasteiger partial charge >= 0.3 is 0 Å². The van der Waals surface area contributed by atoms with Gasteiger partial charge in [0.1, 0.15) is 5.82 Å². The largest absolute Gasteiger partial charge is 0.306 e. The van der Waals surface area contributed by atoms with Crippen molar-refractivity contribution in [2.24, 2.45) is 0 Å². The van der Waals surface area contributed by atoms with Gasteiger partial charge in [0.2, 0.25) is 0 Å². The first-order chi connectivity index (χ1) is 9.22. The van der Waals surface area contributed by atoms with Gasteiger partial charge in [0.15, 0.2) is 0 Å². The summed E-state index contributed by atoms with van der Waals surface area (Å²) in [6.45, 7) is 4.91. The van der Waals surface area contributed by atoms with Gasteiger partial charge in [-0.3, -0.25) is 4.98 Å². The minimum absolute atomic E-state index is 0.145. The molecule has 1 aromatic heterocycles. The zero-order chi connectivity index (χ0) is 13.7. The van der Waals surface area contributed by atoms with Crippen molar-refractivity contribution in [1.29, 1.82) is 0 Å². The monoisotopic (exact) mass is 258 g/mol. The van der Waals surface area contributed by atoms with Crippen molar-refractivity contribution in [3.63, 3.8) is 0 Å². The second kappa shape index (κ2) is 6.43. The fourth-order valence-corrected chi connectivity index (χ4v) is 2.13. The number of hydrogen-bond donors (Lipinski definition) is 1. The van der Waals surface area contributed by atoms with Gasteiger partial charge in [-0.15, -0.1) is 0 Å². The van der Waals surface area contributed by atoms with E-state index in [1.807, 2.05) is 25.1 Å². The predicted molar refractivity (Wildman–Crippen MR) is 75.5 cm³/mol. The van der Waals surface area contributed by atoms with Gasteiger partial charge in [0, 0.05) is 18.0 Å². The van der Waals surface area contributed by atoms with Gasteiger partial charge in [-0.05, 0) is 37.6 Å². The average Bonchev–Trinajstić information content (AvgIpc) is 2.44. The molecule has 0 fully saturated rings. The van der Waals surface area contributed by atoms with E-state index < -0.39 is 0 Å². The molecule has 100 valence electrons. The molecular formula is C16H19FN2. The summed E-state index contributed by atoms with van der Waals surface area (Å²) in [6.07, 6.45) is 4.52. The third kappa shape index (κ3) is 3.38. The summed E-state index contributed by atoms with van der Waals surface area (Å²) < 4.78 is 14.1. The number of pyridine rings is 1. The van der Waals surface area contributed by atoms with E-state index in [0.717, 1.165) is 24.1 Å². The molecule has 1 heterocycles. The quantitative estimate of drug-likeness (QED) is 0.886. The zero-order valence-electron chi connectivity index (χ0n) is 11.4. The van der Waals surface area contributed by atoms with Crippen molar-refractivity contribution in [1.82, 2.24) is 10.3 Å². The highest BCUT2D eigenvalue weighted by molar-refractivity contribution is 5.33. The number of nitrogens with one attached hydrogen (secondary N) is 1. The zero-order valence-corrected chi connectivity index (χ0v) is 11.4. The molecule has 1 aromatic carbocycles. The Labute approximate surface area is 113 Å². The van der Waals surface area contributed by atoms with E-state index in [1.165, 1.54) is 6.07 Å². The van der Waals surface area contributed by atoms with Crippen molar-refractivity contribution >= 4 is 0 Å². The highest BCUT2D eigenvalue weighted by atomic mass is 19.1. The molecular weight excluding hydrogens is 239 g/mol. The van der Waals surface area contributed by atoms with Crippen LogP contribution in [0, 0.1) is 12.7 Å². The van der Waals surface area contributed by atoms with Crippen LogP contribution in [0.1, 0.15) is 36.1 Å². The lowest BCUT2D eigenvalue weighted by Crippen LogP contribution is -2.24. The van der Waals surface area contributed by atoms with Crippen LogP contribution in [0.5, 0.6) is 0 Å². The molecule has 0 saturated heterocycles. The second-order valence-electron chi connectivity index (χ2n) is 4.70. The Morgan fingerprint density at radius 2 is 2.16 bits per heavy atom. The van der Waals surface area contributed by atoms with Crippen LogP contribution in [0.2, 0.25) is 0 Å². The molecule has 0 spiro atoms. The van der Waals surface area contributed by atoms with Gasteiger partial charge in [0.05, 0.1) is 6.04 Å². The molecule has 2 aromatic rings. The van der Waals surface area contributed by atoms with E-state index in [4.69, 9.17) is 0 Å². The Morgan fingerprint density at radius 1 is 1.32 bits per heavy atom. The maximum atomic E-state index is 14.1. The normalized spacial score (nSPS) is 12.4. The number of nitrogens with zero attached hydrogens (tertiary/aromatic N) is 1. The molecule has 3 heteroatoms. The lowest BCUT2D eigenvalue weighted by molar-refractivity contribution is 0.545. The van der Waals surface area contributed by atoms with Crippen LogP contribution in [0.3, 0.4) is 0 Å². The maximum Gasteiger partial charge on any atom is 0.128 e. The van der Waals surface area contributed by atoms with E-state index in [1.54, 1.807) is 18.5 Å². The molecule has 0 bridgehead atoms. The Morgan fingerprint density at radius 3 is 2.84 bits per heavy atom. The third-order valence-corrected chi connectivity index (χ3v) is 3.08. The Hall–Kier alpha value is -1.74. The van der Waals surface area contributed by atoms with Gasteiger partial charge in [-0.25, -0.2) is 4.39 Å². The lowest BCUT2D eigenvalue weighted by Gasteiger charge is -2.20. The van der Waals surface area contributed by atoms with Crippen LogP contribution < -0.4 is 5.32 Å². The summed E-state index contributed by atoms with van der Waals surface area (Å²) in [7, 11) is 0. The predicted octanol–water partition coefficient (Wildman–Crippen LogP) is 3.62. The first-order valence-corrected chi connectivity index (χ1v) is 6.61. The summed E-state index contributed by atoms with van der Waals surface area (Å²) in [5.41, 5.74) is 2.73. The molecule has 0 aliphatic heterocycles. The number of rotatable bonds is 5. The van der Waals surface area contributed by atoms with E-state index in [0.29, 0.717) is 5.56 Å². The molecule has 0 saturated carbocycles. The fourth-order valence-electron chi connectivity index (χ4n) is 2.13. The molecule has 0 aliphatic rings. The molecule has 0 amide bonds. The van der Waals surface area contributed by atoms with E-state index in [-0.39, 0.29) is 11.9 Å². The van der Waals surface area contributed by atoms with Crippen LogP contribution >= 0.6 is 0 Å². The Kier molecular flexibility index (Phi) is 4.63. The highest BCUT2D eigenvalue weighted by Gasteiger charge is 2.17. The molecule has 1 unspecified atom stereocenters. The average molecular weight is 258 g/mol. The van der Waals surface area contributed by atoms with Crippen molar-refractivity contribution in [2.75, 3.05) is 6.54 Å². The molecule has 1 N–H and O–H groups in total. The number of halogens is 1. The van der Waals surface area contributed by atoms with Gasteiger partial charge in [0.25, 0.3) is 0 Å². The van der Waals surface area contributed by atoms with Gasteiger partial charge < -0.3 is 5.32 Å². The molecule has 2 nitrogen and oxygen atoms in total. The van der Waals surface area contributed by atoms with Crippen LogP contribution in [0.25, 0.3) is 0 Å². The minimum atomic E-state index is -0.178. The topological polar surface area (TPSA) is 24.9 Å². The third-order valence-electron chi connectivity index (χ3n) is 3.08. The fraction of sp³-hybridized carbons (Fsp3) is 0.312. The van der Waals surface area contributed by atoms with Gasteiger partial charge in [-0.1, -0.05) is 30.7 Å². The highest BCUT2D eigenvalue weighted by Crippen LogP contribution is 2.24. The lowest BCUT2D eigenvalue weighted by atomic mass is 9.98. The van der Waals surface area contributed by atoms with E-state index in [9.17, 15) is 4.39 Å². The van der Waals surface area contributed by atoms with Crippen LogP contribution in [0.15, 0.2) is 42.7 Å². The van der Waals surface area contributed by atoms with Crippen LogP contribution in [-0.2, 0) is 0 Å². The maximum absolute atomic E-state index is 14.1. The SMILES string of the molecule is CCCNC(c1cccnc1)c1cc(C)ccc1F. The van der Waals surface area contributed by atoms with Crippen molar-refractivity contribution in [2.45, 2.75) is 26.3 Å². The molecule has 2 rings (SSSR count). The molecule has 0 aliphatic carbocycles. The minimum Gasteiger partial charge on any atom is -0.306 e. The Balaban J connectivity index is 2.40. The van der Waals surface area contributed by atoms with Crippen LogP contribution in [0.4, 0.5) is 4.39 Å². The molecule has 19 heavy (non-hydrogen) atoms. The second-order valence-corrected chi connectivity index (χ2v) is 4.70. The Bertz CT molecular complexity index is 526. The first kappa shape index (κ1) is 13.7. The number of aromatic nitrogens is 1. The summed E-state index contributed by atoms with van der Waals surface area (Å²) in [5.74, 6) is -0.178. The smallest absolute Gasteiger partial charge is 0.128 e. The number of hydrogen-bond acceptors (Lipinski definition) is 2. The first-order valence-electron chi connectivity index (χ1n) is 6.61. The van der Waals surface area contributed by atoms with Crippen LogP contribution in [-0.4, -0.2) is 11.5 Å². The van der Waals surface area contributed by atoms with E-state index in [2.05, 4.69) is 17.2 Å². The van der Waals surface area contributed by atoms with Crippen molar-refractivity contribution in [3.05, 3.63) is 65.2 Å². The summed E-state index contributed by atoms with van der Waals surface area (Å²) in [5, 5.41) is 3.39. The standard InChI is InChI=1S/C16H19FN2/c1-3-8-19-16(13-5-4-9-18-11-13)14-10-12(2)6-7-15(14)17/h4-7,9-11,16,19H,3,8H2,1-2H3. The number of benzene rings is 1. The summed E-state index contributed by atoms with van der Waals surface area (Å²) >= 11 is 0.